The fourth-order valence-corrected chi connectivity index (χ4v) is 2.97. The maximum Gasteiger partial charge on any atom is 0.266 e. The Labute approximate surface area is 145 Å². The van der Waals surface area contributed by atoms with Crippen LogP contribution in [0.4, 0.5) is 5.69 Å². The molecule has 0 radical (unpaired) electrons. The van der Waals surface area contributed by atoms with Gasteiger partial charge in [-0.1, -0.05) is 30.3 Å². The van der Waals surface area contributed by atoms with Crippen LogP contribution in [0.1, 0.15) is 11.7 Å². The summed E-state index contributed by atoms with van der Waals surface area (Å²) in [5.74, 6) is 0.294. The molecule has 1 aliphatic rings. The van der Waals surface area contributed by atoms with Crippen molar-refractivity contribution in [3.05, 3.63) is 70.8 Å². The molecule has 120 valence electrons. The molecule has 2 aromatic carbocycles. The van der Waals surface area contributed by atoms with Crippen LogP contribution in [0.2, 0.25) is 0 Å². The van der Waals surface area contributed by atoms with Gasteiger partial charge in [0.25, 0.3) is 5.91 Å². The number of nitrogens with one attached hydrogen (secondary N) is 1. The van der Waals surface area contributed by atoms with Gasteiger partial charge in [-0.2, -0.15) is 5.26 Å². The van der Waals surface area contributed by atoms with E-state index in [4.69, 9.17) is 4.74 Å². The van der Waals surface area contributed by atoms with Crippen molar-refractivity contribution in [1.29, 1.82) is 5.26 Å². The van der Waals surface area contributed by atoms with Crippen molar-refractivity contribution in [1.82, 2.24) is 5.32 Å². The fourth-order valence-electron chi connectivity index (χ4n) is 2.59. The zero-order valence-electron chi connectivity index (χ0n) is 12.9. The van der Waals surface area contributed by atoms with E-state index in [1.807, 2.05) is 65.6 Å². The Hall–Kier alpha value is -2.91. The third-order valence-electron chi connectivity index (χ3n) is 3.78. The molecule has 0 fully saturated rings. The standard InChI is InChI=1S/C18H15N3O2S/c1-23-14-9-7-13(8-10-14)21-16(12-5-3-2-4-6-12)20-17(22)15(11-19)18(21)24/h2-10,16,24H,1H3,(H,20,22)/t16-/m0/s1. The molecule has 0 unspecified atom stereocenters. The molecule has 0 saturated heterocycles. The maximum absolute atomic E-state index is 12.2. The first-order chi connectivity index (χ1) is 11.7. The van der Waals surface area contributed by atoms with Gasteiger partial charge in [-0.15, -0.1) is 12.6 Å². The van der Waals surface area contributed by atoms with Crippen molar-refractivity contribution >= 4 is 24.2 Å². The van der Waals surface area contributed by atoms with E-state index in [0.717, 1.165) is 17.0 Å². The van der Waals surface area contributed by atoms with Crippen molar-refractivity contribution in [2.75, 3.05) is 12.0 Å². The summed E-state index contributed by atoms with van der Waals surface area (Å²) in [7, 11) is 1.60. The van der Waals surface area contributed by atoms with Crippen LogP contribution < -0.4 is 15.0 Å². The normalized spacial score (nSPS) is 17.3. The molecule has 1 N–H and O–H groups in total. The lowest BCUT2D eigenvalue weighted by Gasteiger charge is -2.38. The minimum Gasteiger partial charge on any atom is -0.497 e. The lowest BCUT2D eigenvalue weighted by atomic mass is 10.1. The minimum absolute atomic E-state index is 0.0127. The Morgan fingerprint density at radius 2 is 1.83 bits per heavy atom. The number of ether oxygens (including phenoxy) is 1. The van der Waals surface area contributed by atoms with Crippen molar-refractivity contribution in [3.63, 3.8) is 0 Å². The molecule has 1 heterocycles. The number of amides is 1. The van der Waals surface area contributed by atoms with E-state index in [-0.39, 0.29) is 5.57 Å². The maximum atomic E-state index is 12.2. The van der Waals surface area contributed by atoms with Gasteiger partial charge in [-0.05, 0) is 29.8 Å². The highest BCUT2D eigenvalue weighted by atomic mass is 32.1. The Bertz CT molecular complexity index is 826. The summed E-state index contributed by atoms with van der Waals surface area (Å²) in [6.07, 6.45) is -0.448. The SMILES string of the molecule is COc1ccc(N2C(S)=C(C#N)C(=O)N[C@@H]2c2ccccc2)cc1. The molecule has 0 saturated carbocycles. The van der Waals surface area contributed by atoms with Gasteiger partial charge in [0, 0.05) is 5.69 Å². The summed E-state index contributed by atoms with van der Waals surface area (Å²) < 4.78 is 5.18. The molecule has 1 atom stereocenters. The first-order valence-electron chi connectivity index (χ1n) is 7.28. The van der Waals surface area contributed by atoms with Crippen molar-refractivity contribution < 1.29 is 9.53 Å². The first-order valence-corrected chi connectivity index (χ1v) is 7.73. The number of anilines is 1. The largest absolute Gasteiger partial charge is 0.497 e. The molecule has 3 rings (SSSR count). The van der Waals surface area contributed by atoms with Gasteiger partial charge in [0.15, 0.2) is 0 Å². The number of benzene rings is 2. The highest BCUT2D eigenvalue weighted by molar-refractivity contribution is 7.84. The van der Waals surface area contributed by atoms with E-state index in [9.17, 15) is 10.1 Å². The zero-order valence-corrected chi connectivity index (χ0v) is 13.8. The molecular weight excluding hydrogens is 322 g/mol. The van der Waals surface area contributed by atoms with E-state index < -0.39 is 12.1 Å². The molecule has 1 aliphatic heterocycles. The van der Waals surface area contributed by atoms with Crippen LogP contribution in [0.5, 0.6) is 5.75 Å². The average Bonchev–Trinajstić information content (AvgIpc) is 2.62. The van der Waals surface area contributed by atoms with Crippen LogP contribution in [0, 0.1) is 11.3 Å². The van der Waals surface area contributed by atoms with Gasteiger partial charge in [-0.25, -0.2) is 0 Å². The minimum atomic E-state index is -0.448. The van der Waals surface area contributed by atoms with E-state index in [1.165, 1.54) is 0 Å². The molecule has 5 nitrogen and oxygen atoms in total. The molecule has 2 aromatic rings. The van der Waals surface area contributed by atoms with Crippen LogP contribution >= 0.6 is 12.6 Å². The molecule has 0 aromatic heterocycles. The third kappa shape index (κ3) is 2.82. The van der Waals surface area contributed by atoms with E-state index >= 15 is 0 Å². The molecule has 6 heteroatoms. The summed E-state index contributed by atoms with van der Waals surface area (Å²) >= 11 is 4.45. The van der Waals surface area contributed by atoms with Gasteiger partial charge >= 0.3 is 0 Å². The molecule has 24 heavy (non-hydrogen) atoms. The second kappa shape index (κ2) is 6.69. The number of carbonyl (C=O) groups is 1. The molecule has 0 bridgehead atoms. The number of methoxy groups -OCH3 is 1. The number of carbonyl (C=O) groups excluding carboxylic acids is 1. The summed E-state index contributed by atoms with van der Waals surface area (Å²) in [4.78, 5) is 14.0. The molecular formula is C18H15N3O2S. The van der Waals surface area contributed by atoms with E-state index in [0.29, 0.717) is 5.03 Å². The summed E-state index contributed by atoms with van der Waals surface area (Å²) in [6.45, 7) is 0. The zero-order chi connectivity index (χ0) is 17.1. The lowest BCUT2D eigenvalue weighted by Crippen LogP contribution is -2.46. The number of nitriles is 1. The first kappa shape index (κ1) is 16.0. The smallest absolute Gasteiger partial charge is 0.266 e. The highest BCUT2D eigenvalue weighted by Gasteiger charge is 2.33. The average molecular weight is 337 g/mol. The Kier molecular flexibility index (Phi) is 4.45. The van der Waals surface area contributed by atoms with Gasteiger partial charge in [-0.3, -0.25) is 4.79 Å². The van der Waals surface area contributed by atoms with Gasteiger partial charge in [0.2, 0.25) is 0 Å². The third-order valence-corrected chi connectivity index (χ3v) is 4.22. The van der Waals surface area contributed by atoms with Crippen molar-refractivity contribution in [3.8, 4) is 11.8 Å². The summed E-state index contributed by atoms with van der Waals surface area (Å²) in [5, 5.41) is 12.5. The second-order valence-corrected chi connectivity index (χ2v) is 5.59. The van der Waals surface area contributed by atoms with Crippen molar-refractivity contribution in [2.45, 2.75) is 6.17 Å². The van der Waals surface area contributed by atoms with Crippen LogP contribution in [-0.4, -0.2) is 13.0 Å². The summed E-state index contributed by atoms with van der Waals surface area (Å²) in [6, 6.07) is 18.8. The predicted octanol–water partition coefficient (Wildman–Crippen LogP) is 3.00. The van der Waals surface area contributed by atoms with E-state index in [1.54, 1.807) is 7.11 Å². The van der Waals surface area contributed by atoms with E-state index in [2.05, 4.69) is 17.9 Å². The number of hydrogen-bond acceptors (Lipinski definition) is 5. The number of nitrogens with zero attached hydrogens (tertiary/aromatic N) is 2. The van der Waals surface area contributed by atoms with Gasteiger partial charge in [0.1, 0.15) is 23.6 Å². The molecule has 0 aliphatic carbocycles. The Morgan fingerprint density at radius 3 is 2.42 bits per heavy atom. The quantitative estimate of drug-likeness (QED) is 0.845. The molecule has 0 spiro atoms. The number of hydrogen-bond donors (Lipinski definition) is 2. The van der Waals surface area contributed by atoms with Crippen molar-refractivity contribution in [2.24, 2.45) is 0 Å². The Morgan fingerprint density at radius 1 is 1.17 bits per heavy atom. The second-order valence-electron chi connectivity index (χ2n) is 5.17. The Balaban J connectivity index is 2.12. The van der Waals surface area contributed by atoms with Gasteiger partial charge in [0.05, 0.1) is 12.1 Å². The van der Waals surface area contributed by atoms with Crippen LogP contribution in [0.15, 0.2) is 65.2 Å². The summed E-state index contributed by atoms with van der Waals surface area (Å²) in [5.41, 5.74) is 1.67. The van der Waals surface area contributed by atoms with Crippen LogP contribution in [0.3, 0.4) is 0 Å². The molecule has 1 amide bonds. The number of thiol groups is 1. The fraction of sp³-hybridized carbons (Fsp3) is 0.111. The van der Waals surface area contributed by atoms with Crippen LogP contribution in [0.25, 0.3) is 0 Å². The monoisotopic (exact) mass is 337 g/mol. The predicted molar refractivity (Wildman–Crippen MR) is 94.4 cm³/mol. The lowest BCUT2D eigenvalue weighted by molar-refractivity contribution is -0.118. The van der Waals surface area contributed by atoms with Gasteiger partial charge < -0.3 is 15.0 Å². The topological polar surface area (TPSA) is 65.4 Å². The van der Waals surface area contributed by atoms with Crippen LogP contribution in [-0.2, 0) is 4.79 Å². The highest BCUT2D eigenvalue weighted by Crippen LogP contribution is 2.36. The number of rotatable bonds is 3.